The van der Waals surface area contributed by atoms with Crippen LogP contribution < -0.4 is 30.2 Å². The Balaban J connectivity index is 0.000000879. The van der Waals surface area contributed by atoms with Crippen LogP contribution in [0, 0.1) is 24.1 Å². The summed E-state index contributed by atoms with van der Waals surface area (Å²) in [5.74, 6) is -5.98. The number of carboxylic acid groups (broad SMARTS) is 2. The maximum Gasteiger partial charge on any atom is 0.490 e. The van der Waals surface area contributed by atoms with E-state index in [1.165, 1.54) is 12.1 Å². The molecule has 0 saturated heterocycles. The van der Waals surface area contributed by atoms with Gasteiger partial charge < -0.3 is 40.6 Å². The van der Waals surface area contributed by atoms with Crippen molar-refractivity contribution in [1.29, 1.82) is 5.26 Å². The van der Waals surface area contributed by atoms with E-state index in [0.717, 1.165) is 0 Å². The Kier molecular flexibility index (Phi) is 18.3. The quantitative estimate of drug-likeness (QED) is 0.0672. The van der Waals surface area contributed by atoms with Gasteiger partial charge in [0.2, 0.25) is 0 Å². The number of halogens is 7. The second kappa shape index (κ2) is 20.8. The molecule has 8 N–H and O–H groups in total. The lowest BCUT2D eigenvalue weighted by Crippen LogP contribution is -2.25. The van der Waals surface area contributed by atoms with Crippen LogP contribution in [0.2, 0.25) is 0 Å². The number of aliphatic carboxylic acids is 2. The zero-order chi connectivity index (χ0) is 41.5. The molecule has 3 rings (SSSR count). The number of nitrogens with one attached hydrogen (secondary N) is 1. The Morgan fingerprint density at radius 1 is 0.944 bits per heavy atom. The van der Waals surface area contributed by atoms with E-state index in [1.807, 2.05) is 4.72 Å². The number of nitrogens with two attached hydrogens (primary N) is 2. The fourth-order valence-corrected chi connectivity index (χ4v) is 7.62. The van der Waals surface area contributed by atoms with Crippen LogP contribution >= 0.6 is 18.9 Å². The number of nitrogens with zero attached hydrogens (tertiary/aromatic N) is 1. The number of hydrogen-bond donors (Lipinski definition) is 6. The van der Waals surface area contributed by atoms with Gasteiger partial charge >= 0.3 is 31.9 Å². The molecule has 3 aromatic rings. The zero-order valence-electron chi connectivity index (χ0n) is 27.6. The Labute approximate surface area is 306 Å². The van der Waals surface area contributed by atoms with Crippen LogP contribution in [0.15, 0.2) is 46.7 Å². The highest BCUT2D eigenvalue weighted by Crippen LogP contribution is 2.45. The smallest absolute Gasteiger partial charge is 0.490 e. The van der Waals surface area contributed by atoms with Crippen molar-refractivity contribution in [3.05, 3.63) is 59.4 Å². The van der Waals surface area contributed by atoms with Crippen LogP contribution in [0.4, 0.5) is 30.7 Å². The number of benzene rings is 2. The SMILES string of the molecule is Cc1c(-c2sc(S(=O)(=O)NCP(=O)(O)Oc3ccccc3)c(F)c2C#N)ccc(OCCCN)c1OCCCN.O=C(O)C(F)(F)F.O=C(O)C(F)(F)F. The molecule has 0 fully saturated rings. The number of carbonyl (C=O) groups is 2. The summed E-state index contributed by atoms with van der Waals surface area (Å²) in [4.78, 5) is 27.9. The minimum absolute atomic E-state index is 0.0442. The molecule has 25 heteroatoms. The van der Waals surface area contributed by atoms with Gasteiger partial charge in [0.05, 0.1) is 18.1 Å². The number of para-hydroxylation sites is 1. The molecule has 1 heterocycles. The maximum atomic E-state index is 15.3. The van der Waals surface area contributed by atoms with E-state index in [4.69, 9.17) is 45.3 Å². The van der Waals surface area contributed by atoms with Gasteiger partial charge in [0.25, 0.3) is 10.0 Å². The van der Waals surface area contributed by atoms with Crippen molar-refractivity contribution in [1.82, 2.24) is 4.72 Å². The van der Waals surface area contributed by atoms with Gasteiger partial charge in [-0.2, -0.15) is 36.3 Å². The van der Waals surface area contributed by atoms with Crippen molar-refractivity contribution in [2.24, 2.45) is 11.5 Å². The average Bonchev–Trinajstić information content (AvgIpc) is 3.41. The summed E-state index contributed by atoms with van der Waals surface area (Å²) in [6, 6.07) is 12.5. The fraction of sp³-hybridized carbons (Fsp3) is 0.345. The molecular weight excluding hydrogens is 808 g/mol. The molecule has 1 unspecified atom stereocenters. The topological polar surface area (TPSA) is 262 Å². The molecule has 2 aromatic carbocycles. The molecule has 1 atom stereocenters. The minimum atomic E-state index is -5.08. The summed E-state index contributed by atoms with van der Waals surface area (Å²) < 4.78 is 135. The largest absolute Gasteiger partial charge is 0.490 e. The first-order valence-electron chi connectivity index (χ1n) is 14.6. The molecule has 300 valence electrons. The van der Waals surface area contributed by atoms with Crippen molar-refractivity contribution in [3.8, 4) is 33.8 Å². The lowest BCUT2D eigenvalue weighted by Gasteiger charge is -2.17. The van der Waals surface area contributed by atoms with Crippen molar-refractivity contribution in [2.75, 3.05) is 32.6 Å². The predicted molar refractivity (Wildman–Crippen MR) is 177 cm³/mol. The average molecular weight is 841 g/mol. The molecule has 54 heavy (non-hydrogen) atoms. The van der Waals surface area contributed by atoms with Crippen molar-refractivity contribution < 1.29 is 82.4 Å². The first-order chi connectivity index (χ1) is 24.9. The Morgan fingerprint density at radius 2 is 1.44 bits per heavy atom. The summed E-state index contributed by atoms with van der Waals surface area (Å²) in [6.07, 6.45) is -10.0. The minimum Gasteiger partial charge on any atom is -0.490 e. The van der Waals surface area contributed by atoms with E-state index in [2.05, 4.69) is 0 Å². The number of rotatable bonds is 15. The standard InChI is InChI=1S/C25H30FN4O7PS2.2C2HF3O2/c1-17-19(9-10-21(35-13-5-11-27)23(17)36-14-6-12-28)24-20(15-29)22(26)25(39-24)40(33,34)30-16-38(31,32)37-18-7-3-2-4-8-18;2*3-2(4,5)1(6)7/h2-4,7-10,30H,5-6,11-14,16,27-28H2,1H3,(H,31,32);2*(H,6,7). The number of sulfonamides is 1. The van der Waals surface area contributed by atoms with Gasteiger partial charge in [-0.3, -0.25) is 0 Å². The number of hydrogen-bond acceptors (Lipinski definition) is 12. The molecule has 0 radical (unpaired) electrons. The first-order valence-corrected chi connectivity index (χ1v) is 18.7. The van der Waals surface area contributed by atoms with Crippen LogP contribution in [0.25, 0.3) is 10.4 Å². The van der Waals surface area contributed by atoms with Gasteiger partial charge in [0.1, 0.15) is 23.7 Å². The van der Waals surface area contributed by atoms with E-state index in [9.17, 15) is 49.5 Å². The third kappa shape index (κ3) is 15.1. The maximum absolute atomic E-state index is 15.3. The molecule has 0 spiro atoms. The number of nitriles is 1. The van der Waals surface area contributed by atoms with E-state index >= 15 is 4.39 Å². The molecule has 15 nitrogen and oxygen atoms in total. The van der Waals surface area contributed by atoms with Crippen LogP contribution in [0.1, 0.15) is 24.0 Å². The van der Waals surface area contributed by atoms with E-state index in [0.29, 0.717) is 66.5 Å². The van der Waals surface area contributed by atoms with Crippen molar-refractivity contribution >= 4 is 40.9 Å². The first kappa shape index (κ1) is 47.5. The molecule has 0 bridgehead atoms. The second-order valence-electron chi connectivity index (χ2n) is 10.0. The van der Waals surface area contributed by atoms with Crippen molar-refractivity contribution in [2.45, 2.75) is 36.3 Å². The van der Waals surface area contributed by atoms with Gasteiger partial charge in [-0.25, -0.2) is 27.0 Å². The third-order valence-electron chi connectivity index (χ3n) is 5.92. The summed E-state index contributed by atoms with van der Waals surface area (Å²) in [7, 11) is -9.13. The molecule has 0 aliphatic heterocycles. The summed E-state index contributed by atoms with van der Waals surface area (Å²) in [6.45, 7) is 3.10. The molecule has 0 aliphatic rings. The molecule has 0 amide bonds. The summed E-state index contributed by atoms with van der Waals surface area (Å²) >= 11 is 0.511. The van der Waals surface area contributed by atoms with E-state index in [1.54, 1.807) is 43.3 Å². The van der Waals surface area contributed by atoms with Gasteiger partial charge in [-0.05, 0) is 57.1 Å². The van der Waals surface area contributed by atoms with Gasteiger partial charge in [-0.15, -0.1) is 11.3 Å². The molecule has 0 aliphatic carbocycles. The predicted octanol–water partition coefficient (Wildman–Crippen LogP) is 4.96. The number of ether oxygens (including phenoxy) is 2. The highest BCUT2D eigenvalue weighted by molar-refractivity contribution is 7.92. The molecule has 0 saturated carbocycles. The van der Waals surface area contributed by atoms with Gasteiger partial charge in [0.15, 0.2) is 21.5 Å². The van der Waals surface area contributed by atoms with Crippen LogP contribution in [0.5, 0.6) is 17.2 Å². The third-order valence-corrected chi connectivity index (χ3v) is 10.3. The monoisotopic (exact) mass is 840 g/mol. The highest BCUT2D eigenvalue weighted by atomic mass is 32.2. The van der Waals surface area contributed by atoms with Crippen molar-refractivity contribution in [3.63, 3.8) is 0 Å². The number of carboxylic acids is 2. The molecule has 1 aromatic heterocycles. The van der Waals surface area contributed by atoms with Gasteiger partial charge in [-0.1, -0.05) is 18.2 Å². The normalized spacial score (nSPS) is 12.5. The van der Waals surface area contributed by atoms with Crippen LogP contribution in [-0.2, 0) is 24.2 Å². The molecular formula is C29H32F7N4O11PS2. The summed E-state index contributed by atoms with van der Waals surface area (Å²) in [5, 5.41) is 24.0. The van der Waals surface area contributed by atoms with Crippen LogP contribution in [-0.4, -0.2) is 80.4 Å². The van der Waals surface area contributed by atoms with Crippen LogP contribution in [0.3, 0.4) is 0 Å². The summed E-state index contributed by atoms with van der Waals surface area (Å²) in [5.41, 5.74) is 11.5. The van der Waals surface area contributed by atoms with Gasteiger partial charge in [0, 0.05) is 11.1 Å². The Morgan fingerprint density at radius 3 is 1.91 bits per heavy atom. The lowest BCUT2D eigenvalue weighted by atomic mass is 10.0. The van der Waals surface area contributed by atoms with E-state index < -0.39 is 63.8 Å². The number of alkyl halides is 6. The highest BCUT2D eigenvalue weighted by Gasteiger charge is 2.39. The zero-order valence-corrected chi connectivity index (χ0v) is 30.1. The lowest BCUT2D eigenvalue weighted by molar-refractivity contribution is -0.193. The Hall–Kier alpha value is -4.50. The van der Waals surface area contributed by atoms with E-state index in [-0.39, 0.29) is 17.2 Å². The fourth-order valence-electron chi connectivity index (χ4n) is 3.49. The Bertz CT molecular complexity index is 1900. The second-order valence-corrected chi connectivity index (χ2v) is 14.8. The number of thiophene rings is 1.